The summed E-state index contributed by atoms with van der Waals surface area (Å²) in [6.45, 7) is 5.30. The van der Waals surface area contributed by atoms with Gasteiger partial charge in [-0.25, -0.2) is 9.97 Å². The number of guanidine groups is 1. The molecule has 9 nitrogen and oxygen atoms in total. The van der Waals surface area contributed by atoms with Crippen molar-refractivity contribution in [2.75, 3.05) is 38.1 Å². The Kier molecular flexibility index (Phi) is 7.00. The van der Waals surface area contributed by atoms with Crippen molar-refractivity contribution in [3.63, 3.8) is 0 Å². The highest BCUT2D eigenvalue weighted by Crippen LogP contribution is 2.17. The van der Waals surface area contributed by atoms with Gasteiger partial charge in [-0.2, -0.15) is 5.10 Å². The average Bonchev–Trinajstić information content (AvgIpc) is 3.11. The van der Waals surface area contributed by atoms with Crippen LogP contribution in [-0.2, 0) is 7.05 Å². The first-order valence-electron chi connectivity index (χ1n) is 9.34. The number of nitrogens with zero attached hydrogens (tertiary/aromatic N) is 5. The molecule has 0 aliphatic carbocycles. The number of aryl methyl sites for hydroxylation is 1. The van der Waals surface area contributed by atoms with Crippen molar-refractivity contribution >= 4 is 22.8 Å². The largest absolute Gasteiger partial charge is 0.492 e. The fourth-order valence-corrected chi connectivity index (χ4v) is 2.64. The van der Waals surface area contributed by atoms with E-state index in [-0.39, 0.29) is 0 Å². The van der Waals surface area contributed by atoms with Gasteiger partial charge in [0.2, 0.25) is 0 Å². The molecule has 0 bridgehead atoms. The van der Waals surface area contributed by atoms with Crippen LogP contribution in [0.25, 0.3) is 11.0 Å². The van der Waals surface area contributed by atoms with E-state index in [1.165, 1.54) is 6.33 Å². The van der Waals surface area contributed by atoms with Crippen LogP contribution in [0, 0.1) is 0 Å². The molecule has 28 heavy (non-hydrogen) atoms. The first-order chi connectivity index (χ1) is 13.8. The topological polar surface area (TPSA) is 101 Å². The molecule has 3 rings (SSSR count). The smallest absolute Gasteiger partial charge is 0.191 e. The van der Waals surface area contributed by atoms with Crippen LogP contribution in [0.1, 0.15) is 6.92 Å². The third-order valence-electron chi connectivity index (χ3n) is 3.95. The summed E-state index contributed by atoms with van der Waals surface area (Å²) in [5, 5.41) is 14.9. The van der Waals surface area contributed by atoms with Crippen LogP contribution in [0.2, 0.25) is 0 Å². The first kappa shape index (κ1) is 19.4. The molecule has 0 saturated carbocycles. The molecule has 9 heteroatoms. The van der Waals surface area contributed by atoms with E-state index in [2.05, 4.69) is 36.0 Å². The van der Waals surface area contributed by atoms with Gasteiger partial charge in [0.25, 0.3) is 0 Å². The molecule has 0 amide bonds. The predicted molar refractivity (Wildman–Crippen MR) is 111 cm³/mol. The van der Waals surface area contributed by atoms with E-state index < -0.39 is 0 Å². The van der Waals surface area contributed by atoms with Gasteiger partial charge in [0.15, 0.2) is 11.6 Å². The Morgan fingerprint density at radius 2 is 2.00 bits per heavy atom. The summed E-state index contributed by atoms with van der Waals surface area (Å²) in [7, 11) is 1.86. The second kappa shape index (κ2) is 10.1. The zero-order valence-electron chi connectivity index (χ0n) is 16.2. The summed E-state index contributed by atoms with van der Waals surface area (Å²) in [6.07, 6.45) is 3.30. The highest BCUT2D eigenvalue weighted by molar-refractivity contribution is 5.86. The molecule has 0 fully saturated rings. The third-order valence-corrected chi connectivity index (χ3v) is 3.95. The molecule has 3 N–H and O–H groups in total. The normalized spacial score (nSPS) is 11.4. The van der Waals surface area contributed by atoms with Gasteiger partial charge in [0.1, 0.15) is 24.5 Å². The van der Waals surface area contributed by atoms with Crippen LogP contribution in [0.5, 0.6) is 5.75 Å². The Morgan fingerprint density at radius 1 is 1.14 bits per heavy atom. The van der Waals surface area contributed by atoms with Gasteiger partial charge in [0.05, 0.1) is 24.7 Å². The zero-order chi connectivity index (χ0) is 19.6. The molecular formula is C19H26N8O. The Morgan fingerprint density at radius 3 is 2.82 bits per heavy atom. The van der Waals surface area contributed by atoms with E-state index in [4.69, 9.17) is 4.74 Å². The molecule has 0 aliphatic heterocycles. The molecule has 0 atom stereocenters. The molecule has 2 heterocycles. The summed E-state index contributed by atoms with van der Waals surface area (Å²) < 4.78 is 7.41. The van der Waals surface area contributed by atoms with Crippen molar-refractivity contribution in [3.8, 4) is 5.75 Å². The van der Waals surface area contributed by atoms with Crippen LogP contribution in [0.4, 0.5) is 5.82 Å². The van der Waals surface area contributed by atoms with Gasteiger partial charge in [-0.15, -0.1) is 0 Å². The molecule has 0 radical (unpaired) electrons. The molecule has 0 aliphatic rings. The number of benzene rings is 1. The first-order valence-corrected chi connectivity index (χ1v) is 9.34. The van der Waals surface area contributed by atoms with Crippen LogP contribution in [-0.4, -0.2) is 58.5 Å². The molecule has 0 spiro atoms. The van der Waals surface area contributed by atoms with E-state index in [0.29, 0.717) is 26.2 Å². The maximum Gasteiger partial charge on any atom is 0.191 e. The summed E-state index contributed by atoms with van der Waals surface area (Å²) in [5.74, 6) is 2.39. The van der Waals surface area contributed by atoms with Crippen molar-refractivity contribution in [2.24, 2.45) is 12.0 Å². The molecule has 1 aromatic carbocycles. The number of ether oxygens (including phenoxy) is 1. The van der Waals surface area contributed by atoms with Crippen molar-refractivity contribution in [1.29, 1.82) is 0 Å². The monoisotopic (exact) mass is 382 g/mol. The molecular weight excluding hydrogens is 356 g/mol. The Hall–Kier alpha value is -3.36. The minimum Gasteiger partial charge on any atom is -0.492 e. The highest BCUT2D eigenvalue weighted by atomic mass is 16.5. The van der Waals surface area contributed by atoms with Gasteiger partial charge in [-0.3, -0.25) is 9.67 Å². The lowest BCUT2D eigenvalue weighted by molar-refractivity contribution is 0.322. The molecule has 148 valence electrons. The van der Waals surface area contributed by atoms with Gasteiger partial charge in [0, 0.05) is 20.1 Å². The van der Waals surface area contributed by atoms with Crippen LogP contribution >= 0.6 is 0 Å². The van der Waals surface area contributed by atoms with E-state index >= 15 is 0 Å². The quantitative estimate of drug-likeness (QED) is 0.292. The summed E-state index contributed by atoms with van der Waals surface area (Å²) in [4.78, 5) is 13.1. The maximum absolute atomic E-state index is 5.68. The number of aromatic nitrogens is 4. The van der Waals surface area contributed by atoms with Gasteiger partial charge >= 0.3 is 0 Å². The van der Waals surface area contributed by atoms with Crippen molar-refractivity contribution in [2.45, 2.75) is 6.92 Å². The fourth-order valence-electron chi connectivity index (χ4n) is 2.64. The Bertz CT molecular complexity index is 893. The number of rotatable bonds is 9. The molecule has 0 unspecified atom stereocenters. The third kappa shape index (κ3) is 5.32. The second-order valence-electron chi connectivity index (χ2n) is 6.00. The van der Waals surface area contributed by atoms with E-state index in [9.17, 15) is 0 Å². The summed E-state index contributed by atoms with van der Waals surface area (Å²) in [5.41, 5.74) is 0.800. The second-order valence-corrected chi connectivity index (χ2v) is 6.00. The number of fused-ring (bicyclic) bond motifs is 1. The lowest BCUT2D eigenvalue weighted by Gasteiger charge is -2.12. The molecule has 2 aromatic heterocycles. The predicted octanol–water partition coefficient (Wildman–Crippen LogP) is 1.41. The number of para-hydroxylation sites is 1. The Balaban J connectivity index is 1.44. The van der Waals surface area contributed by atoms with Gasteiger partial charge < -0.3 is 20.7 Å². The van der Waals surface area contributed by atoms with Crippen molar-refractivity contribution in [1.82, 2.24) is 30.4 Å². The number of nitrogens with one attached hydrogen (secondary N) is 3. The van der Waals surface area contributed by atoms with Crippen LogP contribution in [0.3, 0.4) is 0 Å². The van der Waals surface area contributed by atoms with E-state index in [0.717, 1.165) is 35.1 Å². The summed E-state index contributed by atoms with van der Waals surface area (Å²) >= 11 is 0. The maximum atomic E-state index is 5.68. The van der Waals surface area contributed by atoms with Crippen LogP contribution < -0.4 is 20.7 Å². The lowest BCUT2D eigenvalue weighted by Crippen LogP contribution is -2.39. The van der Waals surface area contributed by atoms with E-state index in [1.54, 1.807) is 10.9 Å². The van der Waals surface area contributed by atoms with Crippen molar-refractivity contribution in [3.05, 3.63) is 42.9 Å². The standard InChI is InChI=1S/C19H26N8O/c1-3-20-19(23-11-12-28-15-7-5-4-6-8-15)22-10-9-21-17-16-13-26-27(2)18(16)25-14-24-17/h4-8,13-14H,3,9-12H2,1-2H3,(H2,20,22,23)(H,21,24,25). The highest BCUT2D eigenvalue weighted by Gasteiger charge is 2.06. The fraction of sp³-hybridized carbons (Fsp3) is 0.368. The SMILES string of the molecule is CCNC(=NCCNc1ncnc2c1cnn2C)NCCOc1ccccc1. The minimum absolute atomic E-state index is 0.562. The van der Waals surface area contributed by atoms with Gasteiger partial charge in [-0.05, 0) is 19.1 Å². The molecule has 3 aromatic rings. The average molecular weight is 382 g/mol. The lowest BCUT2D eigenvalue weighted by atomic mass is 10.3. The van der Waals surface area contributed by atoms with E-state index in [1.807, 2.05) is 44.3 Å². The van der Waals surface area contributed by atoms with Crippen LogP contribution in [0.15, 0.2) is 47.8 Å². The Labute approximate surface area is 164 Å². The minimum atomic E-state index is 0.562. The zero-order valence-corrected chi connectivity index (χ0v) is 16.2. The molecule has 0 saturated heterocycles. The number of aliphatic imine (C=N–C) groups is 1. The number of hydrogen-bond donors (Lipinski definition) is 3. The summed E-state index contributed by atoms with van der Waals surface area (Å²) in [6, 6.07) is 9.76. The number of anilines is 1. The van der Waals surface area contributed by atoms with Gasteiger partial charge in [-0.1, -0.05) is 18.2 Å². The van der Waals surface area contributed by atoms with Crippen molar-refractivity contribution < 1.29 is 4.74 Å². The number of hydrogen-bond acceptors (Lipinski definition) is 6.